The van der Waals surface area contributed by atoms with Gasteiger partial charge in [0.15, 0.2) is 0 Å². The molecule has 0 aliphatic carbocycles. The molecule has 0 spiro atoms. The maximum absolute atomic E-state index is 12.7. The van der Waals surface area contributed by atoms with Crippen LogP contribution in [0.3, 0.4) is 0 Å². The van der Waals surface area contributed by atoms with Gasteiger partial charge in [-0.3, -0.25) is 38.5 Å². The molecule has 164 valence electrons. The minimum Gasteiger partial charge on any atom is -0.461 e. The summed E-state index contributed by atoms with van der Waals surface area (Å²) < 4.78 is 7.71. The molecular weight excluding hydrogens is 428 g/mol. The SMILES string of the molecule is CC[C@H](C)OC(=O)CN1C(=O)S/C(=C\c2cc3c(cc2[N+](=O)[O-])n(C)c(=O)n3C)C1=O. The van der Waals surface area contributed by atoms with Crippen LogP contribution in [0.25, 0.3) is 17.1 Å². The Labute approximate surface area is 180 Å². The lowest BCUT2D eigenvalue weighted by atomic mass is 10.1. The van der Waals surface area contributed by atoms with Crippen LogP contribution >= 0.6 is 11.8 Å². The molecule has 1 saturated heterocycles. The largest absolute Gasteiger partial charge is 0.461 e. The van der Waals surface area contributed by atoms with Crippen LogP contribution in [0.2, 0.25) is 0 Å². The summed E-state index contributed by atoms with van der Waals surface area (Å²) in [4.78, 5) is 60.6. The van der Waals surface area contributed by atoms with Crippen molar-refractivity contribution in [2.75, 3.05) is 6.54 Å². The molecule has 0 saturated carbocycles. The molecule has 2 heterocycles. The molecule has 1 aromatic carbocycles. The van der Waals surface area contributed by atoms with Crippen molar-refractivity contribution in [2.45, 2.75) is 26.4 Å². The highest BCUT2D eigenvalue weighted by Crippen LogP contribution is 2.35. The van der Waals surface area contributed by atoms with Crippen molar-refractivity contribution in [1.82, 2.24) is 14.0 Å². The number of thioether (sulfide) groups is 1. The molecular formula is C19H20N4O7S. The van der Waals surface area contributed by atoms with Gasteiger partial charge in [0.25, 0.3) is 16.8 Å². The molecule has 1 aliphatic rings. The van der Waals surface area contributed by atoms with E-state index in [0.717, 1.165) is 4.90 Å². The number of ether oxygens (including phenoxy) is 1. The molecule has 0 N–H and O–H groups in total. The number of esters is 1. The molecule has 1 fully saturated rings. The number of carbonyl (C=O) groups is 3. The molecule has 2 aromatic rings. The molecule has 0 bridgehead atoms. The van der Waals surface area contributed by atoms with Crippen LogP contribution < -0.4 is 5.69 Å². The summed E-state index contributed by atoms with van der Waals surface area (Å²) in [5.41, 5.74) is 0.169. The lowest BCUT2D eigenvalue weighted by Gasteiger charge is -2.14. The van der Waals surface area contributed by atoms with Gasteiger partial charge in [0, 0.05) is 20.2 Å². The van der Waals surface area contributed by atoms with Gasteiger partial charge < -0.3 is 4.74 Å². The average molecular weight is 448 g/mol. The van der Waals surface area contributed by atoms with E-state index < -0.39 is 28.6 Å². The van der Waals surface area contributed by atoms with Crippen LogP contribution in [-0.4, -0.2) is 48.7 Å². The molecule has 11 nitrogen and oxygen atoms in total. The summed E-state index contributed by atoms with van der Waals surface area (Å²) in [6.07, 6.45) is 1.46. The minimum absolute atomic E-state index is 0.0615. The number of hydrogen-bond acceptors (Lipinski definition) is 8. The first-order valence-corrected chi connectivity index (χ1v) is 10.2. The van der Waals surface area contributed by atoms with Crippen LogP contribution in [0, 0.1) is 10.1 Å². The number of nitro benzene ring substituents is 1. The van der Waals surface area contributed by atoms with Crippen molar-refractivity contribution in [2.24, 2.45) is 14.1 Å². The van der Waals surface area contributed by atoms with E-state index in [2.05, 4.69) is 0 Å². The first-order chi connectivity index (χ1) is 14.5. The van der Waals surface area contributed by atoms with E-state index in [-0.39, 0.29) is 27.9 Å². The zero-order chi connectivity index (χ0) is 23.0. The van der Waals surface area contributed by atoms with Gasteiger partial charge >= 0.3 is 11.7 Å². The summed E-state index contributed by atoms with van der Waals surface area (Å²) in [6.45, 7) is 2.98. The smallest absolute Gasteiger partial charge is 0.328 e. The van der Waals surface area contributed by atoms with Crippen LogP contribution in [0.15, 0.2) is 21.8 Å². The van der Waals surface area contributed by atoms with Gasteiger partial charge in [-0.2, -0.15) is 0 Å². The van der Waals surface area contributed by atoms with E-state index >= 15 is 0 Å². The predicted octanol–water partition coefficient (Wildman–Crippen LogP) is 2.16. The normalized spacial score (nSPS) is 16.4. The third kappa shape index (κ3) is 4.10. The first kappa shape index (κ1) is 22.3. The van der Waals surface area contributed by atoms with Crippen molar-refractivity contribution in [3.05, 3.63) is 43.2 Å². The van der Waals surface area contributed by atoms with Crippen LogP contribution in [0.1, 0.15) is 25.8 Å². The first-order valence-electron chi connectivity index (χ1n) is 9.33. The molecule has 3 rings (SSSR count). The van der Waals surface area contributed by atoms with Gasteiger partial charge in [-0.1, -0.05) is 6.92 Å². The van der Waals surface area contributed by atoms with Crippen LogP contribution in [0.4, 0.5) is 10.5 Å². The second-order valence-corrected chi connectivity index (χ2v) is 8.03. The van der Waals surface area contributed by atoms with Gasteiger partial charge in [-0.15, -0.1) is 0 Å². The van der Waals surface area contributed by atoms with Gasteiger partial charge in [-0.25, -0.2) is 4.79 Å². The maximum Gasteiger partial charge on any atom is 0.328 e. The minimum atomic E-state index is -0.743. The van der Waals surface area contributed by atoms with E-state index in [4.69, 9.17) is 4.74 Å². The number of imide groups is 1. The number of benzene rings is 1. The number of carbonyl (C=O) groups excluding carboxylic acids is 3. The van der Waals surface area contributed by atoms with Gasteiger partial charge in [0.05, 0.1) is 32.5 Å². The quantitative estimate of drug-likeness (QED) is 0.284. The topological polar surface area (TPSA) is 134 Å². The standard InChI is InChI=1S/C19H20N4O7S/c1-5-10(2)30-16(24)9-22-17(25)15(31-19(22)27)7-11-6-13-14(8-12(11)23(28)29)21(4)18(26)20(13)3/h6-8,10H,5,9H2,1-4H3/b15-7-/t10-/m0/s1. The Bertz CT molecular complexity index is 1210. The Kier molecular flexibility index (Phi) is 6.02. The highest BCUT2D eigenvalue weighted by molar-refractivity contribution is 8.18. The molecule has 31 heavy (non-hydrogen) atoms. The van der Waals surface area contributed by atoms with Gasteiger partial charge in [0.1, 0.15) is 6.54 Å². The zero-order valence-corrected chi connectivity index (χ0v) is 18.1. The zero-order valence-electron chi connectivity index (χ0n) is 17.3. The van der Waals surface area contributed by atoms with E-state index in [1.807, 2.05) is 6.92 Å². The van der Waals surface area contributed by atoms with Crippen molar-refractivity contribution in [3.63, 3.8) is 0 Å². The Morgan fingerprint density at radius 1 is 1.23 bits per heavy atom. The fourth-order valence-corrected chi connectivity index (χ4v) is 3.90. The van der Waals surface area contributed by atoms with Crippen molar-refractivity contribution in [3.8, 4) is 0 Å². The summed E-state index contributed by atoms with van der Waals surface area (Å²) in [5.74, 6) is -1.46. The number of imidazole rings is 1. The van der Waals surface area contributed by atoms with Crippen LogP contribution in [-0.2, 0) is 28.4 Å². The highest BCUT2D eigenvalue weighted by atomic mass is 32.2. The highest BCUT2D eigenvalue weighted by Gasteiger charge is 2.37. The van der Waals surface area contributed by atoms with Crippen molar-refractivity contribution >= 4 is 51.7 Å². The van der Waals surface area contributed by atoms with Crippen molar-refractivity contribution < 1.29 is 24.0 Å². The Morgan fingerprint density at radius 2 is 1.84 bits per heavy atom. The number of nitro groups is 1. The van der Waals surface area contributed by atoms with E-state index in [0.29, 0.717) is 29.2 Å². The molecule has 1 aromatic heterocycles. The molecule has 0 radical (unpaired) electrons. The van der Waals surface area contributed by atoms with E-state index in [1.165, 1.54) is 41.4 Å². The van der Waals surface area contributed by atoms with Crippen molar-refractivity contribution in [1.29, 1.82) is 0 Å². The fraction of sp³-hybridized carbons (Fsp3) is 0.368. The number of rotatable bonds is 6. The monoisotopic (exact) mass is 448 g/mol. The van der Waals surface area contributed by atoms with E-state index in [9.17, 15) is 29.3 Å². The third-order valence-electron chi connectivity index (χ3n) is 4.97. The Morgan fingerprint density at radius 3 is 2.42 bits per heavy atom. The average Bonchev–Trinajstić information content (AvgIpc) is 3.09. The second kappa shape index (κ2) is 8.38. The number of fused-ring (bicyclic) bond motifs is 1. The summed E-state index contributed by atoms with van der Waals surface area (Å²) in [7, 11) is 3.02. The molecule has 2 amide bonds. The number of amides is 2. The van der Waals surface area contributed by atoms with Gasteiger partial charge in [-0.05, 0) is 37.2 Å². The summed E-state index contributed by atoms with van der Waals surface area (Å²) in [5, 5.41) is 10.9. The Hall–Kier alpha value is -3.41. The molecule has 0 unspecified atom stereocenters. The third-order valence-corrected chi connectivity index (χ3v) is 5.88. The molecule has 1 atom stereocenters. The predicted molar refractivity (Wildman–Crippen MR) is 113 cm³/mol. The number of hydrogen-bond donors (Lipinski definition) is 0. The molecule has 12 heteroatoms. The number of aryl methyl sites for hydroxylation is 2. The summed E-state index contributed by atoms with van der Waals surface area (Å²) in [6, 6.07) is 2.66. The van der Waals surface area contributed by atoms with Crippen LogP contribution in [0.5, 0.6) is 0 Å². The summed E-state index contributed by atoms with van der Waals surface area (Å²) >= 11 is 0.576. The van der Waals surface area contributed by atoms with Gasteiger partial charge in [0.2, 0.25) is 0 Å². The number of nitrogens with zero attached hydrogens (tertiary/aromatic N) is 4. The second-order valence-electron chi connectivity index (χ2n) is 7.03. The molecule has 1 aliphatic heterocycles. The lowest BCUT2D eigenvalue weighted by molar-refractivity contribution is -0.385. The maximum atomic E-state index is 12.7. The fourth-order valence-electron chi connectivity index (χ4n) is 3.08. The number of aromatic nitrogens is 2. The van der Waals surface area contributed by atoms with E-state index in [1.54, 1.807) is 6.92 Å². The lowest BCUT2D eigenvalue weighted by Crippen LogP contribution is -2.35. The Balaban J connectivity index is 1.98.